The molecule has 30 heavy (non-hydrogen) atoms. The van der Waals surface area contributed by atoms with Crippen molar-refractivity contribution in [3.63, 3.8) is 0 Å². The zero-order valence-electron chi connectivity index (χ0n) is 17.0. The minimum atomic E-state index is 0.290. The first-order valence-corrected chi connectivity index (χ1v) is 9.35. The van der Waals surface area contributed by atoms with Crippen LogP contribution >= 0.6 is 0 Å². The van der Waals surface area contributed by atoms with Gasteiger partial charge in [-0.1, -0.05) is 0 Å². The summed E-state index contributed by atoms with van der Waals surface area (Å²) in [6.07, 6.45) is 4.49. The molecule has 0 saturated carbocycles. The van der Waals surface area contributed by atoms with Crippen LogP contribution in [0.3, 0.4) is 0 Å². The summed E-state index contributed by atoms with van der Waals surface area (Å²) in [5.41, 5.74) is 3.92. The number of hydrogen-bond acceptors (Lipinski definition) is 2. The molecule has 1 atom stereocenters. The minimum absolute atomic E-state index is 0.290. The van der Waals surface area contributed by atoms with Crippen molar-refractivity contribution in [2.24, 2.45) is 0 Å². The van der Waals surface area contributed by atoms with Gasteiger partial charge in [0.1, 0.15) is 0 Å². The van der Waals surface area contributed by atoms with Crippen LogP contribution in [0.15, 0.2) is 53.9 Å². The van der Waals surface area contributed by atoms with Crippen molar-refractivity contribution in [1.29, 1.82) is 0 Å². The third-order valence-corrected chi connectivity index (χ3v) is 5.04. The van der Waals surface area contributed by atoms with Gasteiger partial charge in [0.05, 0.1) is 0 Å². The van der Waals surface area contributed by atoms with Gasteiger partial charge in [-0.2, -0.15) is 0 Å². The van der Waals surface area contributed by atoms with Crippen molar-refractivity contribution in [3.05, 3.63) is 92.7 Å². The SMILES string of the molecule is CO[C](=[W])C1=C(C)N(C(C)C)C=CC1c1ccccc1.[C-]#[O+].[C-]#[O+].[C-]#[O+].[C-]#[O+].[C-]#[O+]. The van der Waals surface area contributed by atoms with Crippen LogP contribution in [-0.2, 0) is 47.4 Å². The first kappa shape index (κ1) is 35.2. The molecule has 0 N–H and O–H groups in total. The summed E-state index contributed by atoms with van der Waals surface area (Å²) < 4.78 is 44.2. The van der Waals surface area contributed by atoms with Crippen LogP contribution in [0.1, 0.15) is 32.3 Å². The van der Waals surface area contributed by atoms with Crippen molar-refractivity contribution in [3.8, 4) is 0 Å². The number of benzene rings is 1. The van der Waals surface area contributed by atoms with E-state index < -0.39 is 0 Å². The maximum atomic E-state index is 7.50. The van der Waals surface area contributed by atoms with Gasteiger partial charge in [0, 0.05) is 0 Å². The Morgan fingerprint density at radius 3 is 1.73 bits per heavy atom. The molecule has 1 aliphatic heterocycles. The predicted octanol–water partition coefficient (Wildman–Crippen LogP) is 3.42. The van der Waals surface area contributed by atoms with Gasteiger partial charge in [-0.15, -0.1) is 0 Å². The average Bonchev–Trinajstić information content (AvgIpc) is 2.85. The summed E-state index contributed by atoms with van der Waals surface area (Å²) >= 11 is 1.37. The quantitative estimate of drug-likeness (QED) is 0.403. The summed E-state index contributed by atoms with van der Waals surface area (Å²) in [4.78, 5) is 2.32. The monoisotopic (exact) mass is 579 g/mol. The number of nitrogens with zero attached hydrogens (tertiary/aromatic N) is 1. The number of hydrogen-bond donors (Lipinski definition) is 0. The summed E-state index contributed by atoms with van der Waals surface area (Å²) in [6, 6.07) is 11.1. The van der Waals surface area contributed by atoms with Gasteiger partial charge in [-0.3, -0.25) is 0 Å². The molecule has 1 unspecified atom stereocenters. The van der Waals surface area contributed by atoms with E-state index in [1.807, 2.05) is 0 Å². The molecule has 1 heterocycles. The van der Waals surface area contributed by atoms with Crippen LogP contribution < -0.4 is 0 Å². The van der Waals surface area contributed by atoms with Crippen molar-refractivity contribution < 1.29 is 47.4 Å². The molecule has 0 bridgehead atoms. The summed E-state index contributed by atoms with van der Waals surface area (Å²) in [6.45, 7) is 29.1. The summed E-state index contributed by atoms with van der Waals surface area (Å²) in [5, 5.41) is 0. The molecule has 1 aliphatic rings. The Kier molecular flexibility index (Phi) is 29.0. The normalized spacial score (nSPS) is 12.9. The average molecular weight is 579 g/mol. The third kappa shape index (κ3) is 11.7. The Hall–Kier alpha value is -2.28. The van der Waals surface area contributed by atoms with Gasteiger partial charge < -0.3 is 0 Å². The molecule has 1 aromatic carbocycles. The second-order valence-electron chi connectivity index (χ2n) is 5.22. The fraction of sp³-hybridized carbons (Fsp3) is 0.273. The van der Waals surface area contributed by atoms with Gasteiger partial charge in [0.25, 0.3) is 0 Å². The Balaban J connectivity index is -0.000000296. The van der Waals surface area contributed by atoms with E-state index in [4.69, 9.17) is 28.0 Å². The number of ether oxygens (including phenoxy) is 1. The zero-order chi connectivity index (χ0) is 24.7. The van der Waals surface area contributed by atoms with Gasteiger partial charge >= 0.3 is 189 Å². The fourth-order valence-electron chi connectivity index (χ4n) is 2.63. The second-order valence-corrected chi connectivity index (χ2v) is 6.55. The molecule has 0 aromatic heterocycles. The van der Waals surface area contributed by atoms with Gasteiger partial charge in [0.2, 0.25) is 0 Å². The van der Waals surface area contributed by atoms with Crippen LogP contribution in [0.5, 0.6) is 0 Å². The molecule has 8 heteroatoms. The molecule has 0 aliphatic carbocycles. The first-order chi connectivity index (χ1) is 14.6. The van der Waals surface area contributed by atoms with E-state index in [2.05, 4.69) is 102 Å². The standard InChI is InChI=1S/C17H21NO.5CO.W/c1-13(2)18-11-10-16(15-8-6-5-7-9-15)17(12-19-4)14(18)3;5*1-2;/h5-11,13,16H,1-4H3;;;;;;. The molecule has 0 spiro atoms. The first-order valence-electron chi connectivity index (χ1n) is 7.89. The number of rotatable bonds is 4. The molecule has 0 amide bonds. The molecule has 0 fully saturated rings. The van der Waals surface area contributed by atoms with Gasteiger partial charge in [0.15, 0.2) is 0 Å². The van der Waals surface area contributed by atoms with Gasteiger partial charge in [-0.25, -0.2) is 0 Å². The fourth-order valence-corrected chi connectivity index (χ4v) is 3.62. The van der Waals surface area contributed by atoms with E-state index in [9.17, 15) is 0 Å². The van der Waals surface area contributed by atoms with E-state index in [1.165, 1.54) is 36.2 Å². The van der Waals surface area contributed by atoms with Crippen LogP contribution in [0.2, 0.25) is 0 Å². The number of allylic oxidation sites excluding steroid dienone is 2. The second kappa shape index (κ2) is 24.8. The third-order valence-electron chi connectivity index (χ3n) is 3.65. The number of methoxy groups -OCH3 is 1. The van der Waals surface area contributed by atoms with Crippen molar-refractivity contribution >= 4 is 4.08 Å². The van der Waals surface area contributed by atoms with Crippen LogP contribution in [0.4, 0.5) is 0 Å². The maximum absolute atomic E-state index is 7.50. The van der Waals surface area contributed by atoms with Crippen LogP contribution in [-0.4, -0.2) is 22.1 Å². The Bertz CT molecular complexity index is 722. The van der Waals surface area contributed by atoms with E-state index >= 15 is 0 Å². The molecular formula is C22H21NO6W. The van der Waals surface area contributed by atoms with E-state index in [0.29, 0.717) is 12.0 Å². The Morgan fingerprint density at radius 1 is 0.933 bits per heavy atom. The predicted molar refractivity (Wildman–Crippen MR) is 99.7 cm³/mol. The molecule has 0 radical (unpaired) electrons. The van der Waals surface area contributed by atoms with E-state index in [-0.39, 0.29) is 0 Å². The molecule has 0 saturated heterocycles. The molecule has 1 aromatic rings. The molecule has 7 nitrogen and oxygen atoms in total. The molecule has 2 rings (SSSR count). The Labute approximate surface area is 188 Å². The van der Waals surface area contributed by atoms with Crippen molar-refractivity contribution in [2.45, 2.75) is 32.7 Å². The van der Waals surface area contributed by atoms with Crippen LogP contribution in [0.25, 0.3) is 0 Å². The topological polar surface area (TPSA) is 112 Å². The molecular weight excluding hydrogens is 558 g/mol. The van der Waals surface area contributed by atoms with E-state index in [0.717, 1.165) is 4.08 Å². The van der Waals surface area contributed by atoms with Crippen molar-refractivity contribution in [2.75, 3.05) is 7.11 Å². The van der Waals surface area contributed by atoms with E-state index in [1.54, 1.807) is 7.11 Å². The Morgan fingerprint density at radius 2 is 1.37 bits per heavy atom. The van der Waals surface area contributed by atoms with Gasteiger partial charge in [-0.05, 0) is 0 Å². The molecule has 156 valence electrons. The van der Waals surface area contributed by atoms with Crippen molar-refractivity contribution in [1.82, 2.24) is 4.90 Å². The summed E-state index contributed by atoms with van der Waals surface area (Å²) in [5.74, 6) is 0.290. The zero-order valence-corrected chi connectivity index (χ0v) is 19.9. The van der Waals surface area contributed by atoms with Crippen LogP contribution in [0, 0.1) is 33.3 Å². The summed E-state index contributed by atoms with van der Waals surface area (Å²) in [7, 11) is 1.77.